The Kier molecular flexibility index (Phi) is 10.2. The van der Waals surface area contributed by atoms with E-state index in [0.29, 0.717) is 28.2 Å². The minimum absolute atomic E-state index is 0.0308. The number of hydrogen-bond donors (Lipinski definition) is 3. The first-order valence-corrected chi connectivity index (χ1v) is 15.6. The predicted molar refractivity (Wildman–Crippen MR) is 183 cm³/mol. The van der Waals surface area contributed by atoms with Gasteiger partial charge in [-0.05, 0) is 86.2 Å². The lowest BCUT2D eigenvalue weighted by Crippen LogP contribution is -2.30. The highest BCUT2D eigenvalue weighted by atomic mass is 32.2. The molecule has 4 aromatic carbocycles. The number of halogens is 1. The number of amides is 3. The summed E-state index contributed by atoms with van der Waals surface area (Å²) in [5.41, 5.74) is 2.52. The minimum atomic E-state index is -0.578. The van der Waals surface area contributed by atoms with Crippen molar-refractivity contribution < 1.29 is 18.8 Å². The standard InChI is InChI=1S/C36H32FN5O4S/c1-23-32(36(46)42(41(23)3)29-12-8-5-9-13-29)40-33(43)24(2)47-30-20-18-28(19-21-30)38-35(45)31(22-25-14-16-27(37)17-15-25)39-34(44)26-10-6-4-7-11-26/h4-22,24H,1-3H3,(H,38,45)(H,39,44)(H,40,43)/b31-22-. The molecule has 0 bridgehead atoms. The van der Waals surface area contributed by atoms with Crippen molar-refractivity contribution in [3.8, 4) is 5.69 Å². The lowest BCUT2D eigenvalue weighted by molar-refractivity contribution is -0.115. The molecule has 0 radical (unpaired) electrons. The highest BCUT2D eigenvalue weighted by Crippen LogP contribution is 2.26. The Bertz CT molecular complexity index is 1990. The summed E-state index contributed by atoms with van der Waals surface area (Å²) in [7, 11) is 1.76. The van der Waals surface area contributed by atoms with Gasteiger partial charge in [-0.1, -0.05) is 48.5 Å². The summed E-state index contributed by atoms with van der Waals surface area (Å²) in [6, 6.07) is 30.0. The van der Waals surface area contributed by atoms with Crippen LogP contribution in [0, 0.1) is 12.7 Å². The number of nitrogens with zero attached hydrogens (tertiary/aromatic N) is 2. The molecule has 0 saturated carbocycles. The summed E-state index contributed by atoms with van der Waals surface area (Å²) >= 11 is 1.29. The molecule has 3 N–H and O–H groups in total. The number of rotatable bonds is 10. The largest absolute Gasteiger partial charge is 0.321 e. The van der Waals surface area contributed by atoms with Crippen LogP contribution in [0.5, 0.6) is 0 Å². The Balaban J connectivity index is 1.25. The molecular weight excluding hydrogens is 617 g/mol. The number of hydrogen-bond acceptors (Lipinski definition) is 5. The molecular formula is C36H32FN5O4S. The average molecular weight is 650 g/mol. The molecule has 0 saturated heterocycles. The molecule has 0 aliphatic carbocycles. The molecule has 11 heteroatoms. The van der Waals surface area contributed by atoms with Crippen LogP contribution in [0.4, 0.5) is 15.8 Å². The Labute approximate surface area is 275 Å². The third-order valence-corrected chi connectivity index (χ3v) is 8.42. The highest BCUT2D eigenvalue weighted by molar-refractivity contribution is 8.00. The Morgan fingerprint density at radius 2 is 1.45 bits per heavy atom. The van der Waals surface area contributed by atoms with Crippen LogP contribution >= 0.6 is 11.8 Å². The van der Waals surface area contributed by atoms with Crippen LogP contribution in [0.25, 0.3) is 11.8 Å². The number of para-hydroxylation sites is 1. The van der Waals surface area contributed by atoms with E-state index in [9.17, 15) is 23.6 Å². The lowest BCUT2D eigenvalue weighted by atomic mass is 10.1. The van der Waals surface area contributed by atoms with Gasteiger partial charge in [-0.25, -0.2) is 9.07 Å². The quantitative estimate of drug-likeness (QED) is 0.124. The second kappa shape index (κ2) is 14.6. The maximum absolute atomic E-state index is 13.5. The molecule has 0 fully saturated rings. The maximum Gasteiger partial charge on any atom is 0.295 e. The number of aromatic nitrogens is 2. The van der Waals surface area contributed by atoms with E-state index in [1.54, 1.807) is 80.2 Å². The summed E-state index contributed by atoms with van der Waals surface area (Å²) in [4.78, 5) is 53.2. The minimum Gasteiger partial charge on any atom is -0.321 e. The summed E-state index contributed by atoms with van der Waals surface area (Å²) in [5.74, 6) is -1.81. The zero-order valence-corrected chi connectivity index (χ0v) is 26.7. The van der Waals surface area contributed by atoms with Gasteiger partial charge in [0.05, 0.1) is 16.6 Å². The third-order valence-electron chi connectivity index (χ3n) is 7.31. The van der Waals surface area contributed by atoms with Crippen LogP contribution in [-0.4, -0.2) is 32.3 Å². The molecule has 1 atom stereocenters. The Morgan fingerprint density at radius 3 is 2.09 bits per heavy atom. The highest BCUT2D eigenvalue weighted by Gasteiger charge is 2.22. The Morgan fingerprint density at radius 1 is 0.830 bits per heavy atom. The van der Waals surface area contributed by atoms with Gasteiger partial charge in [-0.2, -0.15) is 0 Å². The molecule has 9 nitrogen and oxygen atoms in total. The van der Waals surface area contributed by atoms with Crippen LogP contribution in [0.15, 0.2) is 125 Å². The topological polar surface area (TPSA) is 114 Å². The van der Waals surface area contributed by atoms with Gasteiger partial charge in [-0.3, -0.25) is 23.9 Å². The second-order valence-electron chi connectivity index (χ2n) is 10.6. The normalized spacial score (nSPS) is 11.9. The van der Waals surface area contributed by atoms with Crippen LogP contribution in [0.1, 0.15) is 28.5 Å². The first kappa shape index (κ1) is 32.7. The Hall–Kier alpha value is -5.68. The number of thioether (sulfide) groups is 1. The zero-order chi connectivity index (χ0) is 33.5. The summed E-state index contributed by atoms with van der Waals surface area (Å²) < 4.78 is 16.7. The molecule has 238 valence electrons. The van der Waals surface area contributed by atoms with E-state index in [0.717, 1.165) is 4.90 Å². The molecule has 1 aromatic heterocycles. The maximum atomic E-state index is 13.5. The number of benzene rings is 4. The SMILES string of the molecule is Cc1c(NC(=O)C(C)Sc2ccc(NC(=O)/C(=C/c3ccc(F)cc3)NC(=O)c3ccccc3)cc2)c(=O)n(-c2ccccc2)n1C. The van der Waals surface area contributed by atoms with E-state index in [4.69, 9.17) is 0 Å². The summed E-state index contributed by atoms with van der Waals surface area (Å²) in [6.45, 7) is 3.51. The monoisotopic (exact) mass is 649 g/mol. The second-order valence-corrected chi connectivity index (χ2v) is 12.0. The molecule has 5 rings (SSSR count). The molecule has 1 heterocycles. The van der Waals surface area contributed by atoms with Crippen molar-refractivity contribution in [2.75, 3.05) is 10.6 Å². The molecule has 0 aliphatic heterocycles. The van der Waals surface area contributed by atoms with Gasteiger partial charge in [0.15, 0.2) is 0 Å². The average Bonchev–Trinajstić information content (AvgIpc) is 3.29. The van der Waals surface area contributed by atoms with E-state index in [2.05, 4.69) is 16.0 Å². The van der Waals surface area contributed by atoms with E-state index >= 15 is 0 Å². The fraction of sp³-hybridized carbons (Fsp3) is 0.111. The van der Waals surface area contributed by atoms with E-state index in [1.807, 2.05) is 30.3 Å². The van der Waals surface area contributed by atoms with Crippen molar-refractivity contribution in [2.24, 2.45) is 7.05 Å². The lowest BCUT2D eigenvalue weighted by Gasteiger charge is -2.13. The smallest absolute Gasteiger partial charge is 0.295 e. The molecule has 1 unspecified atom stereocenters. The number of carbonyl (C=O) groups excluding carboxylic acids is 3. The predicted octanol–water partition coefficient (Wildman–Crippen LogP) is 6.15. The van der Waals surface area contributed by atoms with Gasteiger partial charge in [0, 0.05) is 23.2 Å². The van der Waals surface area contributed by atoms with E-state index < -0.39 is 22.9 Å². The van der Waals surface area contributed by atoms with Crippen molar-refractivity contribution in [3.63, 3.8) is 0 Å². The van der Waals surface area contributed by atoms with Crippen LogP contribution < -0.4 is 21.5 Å². The molecule has 47 heavy (non-hydrogen) atoms. The van der Waals surface area contributed by atoms with E-state index in [-0.39, 0.29) is 22.9 Å². The van der Waals surface area contributed by atoms with Gasteiger partial charge in [0.2, 0.25) is 5.91 Å². The number of nitrogens with one attached hydrogen (secondary N) is 3. The molecule has 0 aliphatic rings. The van der Waals surface area contributed by atoms with Crippen molar-refractivity contribution in [1.29, 1.82) is 0 Å². The number of carbonyl (C=O) groups is 3. The summed E-state index contributed by atoms with van der Waals surface area (Å²) in [5, 5.41) is 7.68. The van der Waals surface area contributed by atoms with Crippen LogP contribution in [-0.2, 0) is 16.6 Å². The molecule has 0 spiro atoms. The number of anilines is 2. The molecule has 5 aromatic rings. The zero-order valence-electron chi connectivity index (χ0n) is 25.9. The van der Waals surface area contributed by atoms with Gasteiger partial charge >= 0.3 is 0 Å². The van der Waals surface area contributed by atoms with Crippen molar-refractivity contribution >= 4 is 46.9 Å². The third kappa shape index (κ3) is 7.95. The fourth-order valence-corrected chi connectivity index (χ4v) is 5.55. The first-order valence-electron chi connectivity index (χ1n) is 14.7. The first-order chi connectivity index (χ1) is 22.6. The fourth-order valence-electron chi connectivity index (χ4n) is 4.68. The van der Waals surface area contributed by atoms with Crippen molar-refractivity contribution in [3.05, 3.63) is 148 Å². The van der Waals surface area contributed by atoms with Gasteiger partial charge in [0.1, 0.15) is 17.2 Å². The summed E-state index contributed by atoms with van der Waals surface area (Å²) in [6.07, 6.45) is 1.46. The van der Waals surface area contributed by atoms with Crippen LogP contribution in [0.3, 0.4) is 0 Å². The molecule has 3 amide bonds. The van der Waals surface area contributed by atoms with Crippen LogP contribution in [0.2, 0.25) is 0 Å². The van der Waals surface area contributed by atoms with Gasteiger partial charge < -0.3 is 16.0 Å². The van der Waals surface area contributed by atoms with Crippen molar-refractivity contribution in [1.82, 2.24) is 14.7 Å². The van der Waals surface area contributed by atoms with Gasteiger partial charge in [-0.15, -0.1) is 11.8 Å². The van der Waals surface area contributed by atoms with Crippen molar-refractivity contribution in [2.45, 2.75) is 24.0 Å². The van der Waals surface area contributed by atoms with E-state index in [1.165, 1.54) is 46.8 Å². The van der Waals surface area contributed by atoms with Gasteiger partial charge in [0.25, 0.3) is 17.4 Å².